The van der Waals surface area contributed by atoms with Gasteiger partial charge in [0, 0.05) is 6.04 Å². The van der Waals surface area contributed by atoms with E-state index < -0.39 is 0 Å². The van der Waals surface area contributed by atoms with Gasteiger partial charge in [-0.3, -0.25) is 0 Å². The van der Waals surface area contributed by atoms with Crippen LogP contribution < -0.4 is 15.2 Å². The fraction of sp³-hybridized carbons (Fsp3) is 0.250. The van der Waals surface area contributed by atoms with Gasteiger partial charge in [0.15, 0.2) is 11.5 Å². The Bertz CT molecular complexity index is 864. The summed E-state index contributed by atoms with van der Waals surface area (Å²) in [7, 11) is 0. The average Bonchev–Trinajstić information content (AvgIpc) is 3.25. The van der Waals surface area contributed by atoms with Crippen molar-refractivity contribution in [2.45, 2.75) is 31.7 Å². The van der Waals surface area contributed by atoms with Crippen molar-refractivity contribution in [3.63, 3.8) is 0 Å². The van der Waals surface area contributed by atoms with Crippen molar-refractivity contribution in [3.05, 3.63) is 84.4 Å². The Kier molecular flexibility index (Phi) is 6.96. The molecule has 0 amide bonds. The maximum absolute atomic E-state index is 6.57. The summed E-state index contributed by atoms with van der Waals surface area (Å²) >= 11 is 0. The molecule has 0 unspecified atom stereocenters. The molecular formula is C24H26ClNO2. The van der Waals surface area contributed by atoms with E-state index in [0.717, 1.165) is 17.1 Å². The lowest BCUT2D eigenvalue weighted by Gasteiger charge is -2.21. The first-order valence-electron chi connectivity index (χ1n) is 9.65. The molecule has 0 heterocycles. The zero-order chi connectivity index (χ0) is 18.5. The summed E-state index contributed by atoms with van der Waals surface area (Å²) < 4.78 is 12.2. The molecule has 0 radical (unpaired) electrons. The molecule has 1 aliphatic rings. The van der Waals surface area contributed by atoms with E-state index in [1.165, 1.54) is 25.7 Å². The topological polar surface area (TPSA) is 44.5 Å². The van der Waals surface area contributed by atoms with E-state index in [0.29, 0.717) is 17.4 Å². The second kappa shape index (κ2) is 9.63. The Balaban J connectivity index is 0.00000225. The van der Waals surface area contributed by atoms with Crippen LogP contribution in [0.5, 0.6) is 23.0 Å². The number of benzene rings is 3. The second-order valence-corrected chi connectivity index (χ2v) is 7.11. The molecule has 3 aromatic rings. The van der Waals surface area contributed by atoms with Gasteiger partial charge >= 0.3 is 0 Å². The molecular weight excluding hydrogens is 370 g/mol. The average molecular weight is 396 g/mol. The van der Waals surface area contributed by atoms with Gasteiger partial charge in [-0.25, -0.2) is 0 Å². The van der Waals surface area contributed by atoms with Crippen molar-refractivity contribution < 1.29 is 9.47 Å². The van der Waals surface area contributed by atoms with E-state index in [1.807, 2.05) is 72.8 Å². The Hall–Kier alpha value is -2.49. The highest BCUT2D eigenvalue weighted by atomic mass is 35.5. The van der Waals surface area contributed by atoms with E-state index in [1.54, 1.807) is 0 Å². The first-order valence-corrected chi connectivity index (χ1v) is 9.65. The smallest absolute Gasteiger partial charge is 0.170 e. The Morgan fingerprint density at radius 1 is 0.714 bits per heavy atom. The molecule has 1 atom stereocenters. The largest absolute Gasteiger partial charge is 0.453 e. The van der Waals surface area contributed by atoms with Gasteiger partial charge in [0.2, 0.25) is 0 Å². The quantitative estimate of drug-likeness (QED) is 0.494. The van der Waals surface area contributed by atoms with E-state index in [4.69, 9.17) is 15.2 Å². The van der Waals surface area contributed by atoms with Crippen LogP contribution in [0.15, 0.2) is 78.9 Å². The zero-order valence-electron chi connectivity index (χ0n) is 15.8. The fourth-order valence-corrected chi connectivity index (χ4v) is 3.72. The number of para-hydroxylation sites is 2. The summed E-state index contributed by atoms with van der Waals surface area (Å²) in [6, 6.07) is 25.6. The van der Waals surface area contributed by atoms with Gasteiger partial charge in [-0.1, -0.05) is 55.3 Å². The lowest BCUT2D eigenvalue weighted by atomic mass is 9.92. The number of hydrogen-bond acceptors (Lipinski definition) is 3. The minimum Gasteiger partial charge on any atom is -0.453 e. The third kappa shape index (κ3) is 4.86. The summed E-state index contributed by atoms with van der Waals surface area (Å²) in [6.07, 6.45) is 4.97. The molecule has 3 aromatic carbocycles. The molecule has 146 valence electrons. The molecule has 0 aromatic heterocycles. The van der Waals surface area contributed by atoms with Crippen LogP contribution in [0.1, 0.15) is 37.3 Å². The molecule has 0 aliphatic heterocycles. The van der Waals surface area contributed by atoms with Gasteiger partial charge in [-0.2, -0.15) is 0 Å². The molecule has 3 nitrogen and oxygen atoms in total. The number of rotatable bonds is 6. The maximum Gasteiger partial charge on any atom is 0.170 e. The monoisotopic (exact) mass is 395 g/mol. The van der Waals surface area contributed by atoms with Crippen LogP contribution in [-0.2, 0) is 0 Å². The highest BCUT2D eigenvalue weighted by molar-refractivity contribution is 5.85. The zero-order valence-corrected chi connectivity index (χ0v) is 16.6. The van der Waals surface area contributed by atoms with Gasteiger partial charge in [0.25, 0.3) is 0 Å². The molecule has 2 N–H and O–H groups in total. The standard InChI is InChI=1S/C24H25NO2.ClH/c25-24(18-9-7-8-10-18)19-15-16-22(26-20-11-3-1-4-12-20)23(17-19)27-21-13-5-2-6-14-21;/h1-6,11-18,24H,7-10,25H2;1H/t24-;/m1./s1. The number of halogens is 1. The summed E-state index contributed by atoms with van der Waals surface area (Å²) in [5, 5.41) is 0. The van der Waals surface area contributed by atoms with Crippen molar-refractivity contribution in [2.24, 2.45) is 11.7 Å². The molecule has 0 spiro atoms. The van der Waals surface area contributed by atoms with Crippen LogP contribution in [-0.4, -0.2) is 0 Å². The van der Waals surface area contributed by atoms with Crippen LogP contribution in [0.25, 0.3) is 0 Å². The van der Waals surface area contributed by atoms with E-state index >= 15 is 0 Å². The van der Waals surface area contributed by atoms with Crippen LogP contribution in [0, 0.1) is 5.92 Å². The first-order chi connectivity index (χ1) is 13.3. The predicted octanol–water partition coefficient (Wildman–Crippen LogP) is 6.88. The van der Waals surface area contributed by atoms with E-state index in [2.05, 4.69) is 6.07 Å². The van der Waals surface area contributed by atoms with Crippen molar-refractivity contribution in [1.82, 2.24) is 0 Å². The van der Waals surface area contributed by atoms with Gasteiger partial charge in [-0.05, 0) is 60.7 Å². The molecule has 1 aliphatic carbocycles. The summed E-state index contributed by atoms with van der Waals surface area (Å²) in [4.78, 5) is 0. The minimum atomic E-state index is 0. The lowest BCUT2D eigenvalue weighted by molar-refractivity contribution is 0.412. The molecule has 0 bridgehead atoms. The van der Waals surface area contributed by atoms with Crippen molar-refractivity contribution in [2.75, 3.05) is 0 Å². The molecule has 4 rings (SSSR count). The Morgan fingerprint density at radius 2 is 1.25 bits per heavy atom. The number of nitrogens with two attached hydrogens (primary N) is 1. The summed E-state index contributed by atoms with van der Waals surface area (Å²) in [5.41, 5.74) is 7.67. The lowest BCUT2D eigenvalue weighted by Crippen LogP contribution is -2.19. The maximum atomic E-state index is 6.57. The van der Waals surface area contributed by atoms with Crippen molar-refractivity contribution in [3.8, 4) is 23.0 Å². The first kappa shape index (κ1) is 20.2. The van der Waals surface area contributed by atoms with E-state index in [9.17, 15) is 0 Å². The molecule has 0 saturated heterocycles. The summed E-state index contributed by atoms with van der Waals surface area (Å²) in [6.45, 7) is 0. The van der Waals surface area contributed by atoms with E-state index in [-0.39, 0.29) is 18.4 Å². The Labute approximate surface area is 172 Å². The van der Waals surface area contributed by atoms with Crippen LogP contribution in [0.3, 0.4) is 0 Å². The van der Waals surface area contributed by atoms with Crippen molar-refractivity contribution >= 4 is 12.4 Å². The Morgan fingerprint density at radius 3 is 1.82 bits per heavy atom. The SMILES string of the molecule is Cl.N[C@@H](c1ccc(Oc2ccccc2)c(Oc2ccccc2)c1)C1CCCC1. The predicted molar refractivity (Wildman–Crippen MR) is 116 cm³/mol. The van der Waals surface area contributed by atoms with Crippen LogP contribution in [0.4, 0.5) is 0 Å². The molecule has 28 heavy (non-hydrogen) atoms. The van der Waals surface area contributed by atoms with Gasteiger partial charge in [0.05, 0.1) is 0 Å². The highest BCUT2D eigenvalue weighted by Crippen LogP contribution is 2.40. The second-order valence-electron chi connectivity index (χ2n) is 7.11. The van der Waals surface area contributed by atoms with Crippen LogP contribution >= 0.6 is 12.4 Å². The molecule has 1 saturated carbocycles. The highest BCUT2D eigenvalue weighted by Gasteiger charge is 2.24. The normalized spacial score (nSPS) is 14.9. The molecule has 4 heteroatoms. The van der Waals surface area contributed by atoms with Gasteiger partial charge in [0.1, 0.15) is 11.5 Å². The third-order valence-corrected chi connectivity index (χ3v) is 5.20. The third-order valence-electron chi connectivity index (χ3n) is 5.20. The van der Waals surface area contributed by atoms with Gasteiger partial charge < -0.3 is 15.2 Å². The van der Waals surface area contributed by atoms with Crippen LogP contribution in [0.2, 0.25) is 0 Å². The summed E-state index contributed by atoms with van der Waals surface area (Å²) in [5.74, 6) is 3.49. The fourth-order valence-electron chi connectivity index (χ4n) is 3.72. The number of ether oxygens (including phenoxy) is 2. The van der Waals surface area contributed by atoms with Crippen molar-refractivity contribution in [1.29, 1.82) is 0 Å². The molecule has 1 fully saturated rings. The number of hydrogen-bond donors (Lipinski definition) is 1. The minimum absolute atomic E-state index is 0. The van der Waals surface area contributed by atoms with Gasteiger partial charge in [-0.15, -0.1) is 12.4 Å².